The second-order valence-electron chi connectivity index (χ2n) is 7.97. The number of benzene rings is 2. The van der Waals surface area contributed by atoms with E-state index < -0.39 is 16.8 Å². The SMILES string of the molecule is CCOC(=O)C1=C(C2CC2c2ccccc2)NC(C)=C(C#N)C1c1cccc([N+](=O)[O-])c1. The lowest BCUT2D eigenvalue weighted by Crippen LogP contribution is -2.31. The number of nitrogens with one attached hydrogen (secondary N) is 1. The summed E-state index contributed by atoms with van der Waals surface area (Å²) in [4.78, 5) is 24.1. The van der Waals surface area contributed by atoms with Gasteiger partial charge in [0.25, 0.3) is 5.69 Å². The van der Waals surface area contributed by atoms with E-state index in [-0.39, 0.29) is 24.1 Å². The zero-order valence-electron chi connectivity index (χ0n) is 17.9. The van der Waals surface area contributed by atoms with Gasteiger partial charge in [0.15, 0.2) is 0 Å². The summed E-state index contributed by atoms with van der Waals surface area (Å²) >= 11 is 0. The third kappa shape index (κ3) is 3.87. The van der Waals surface area contributed by atoms with Crippen LogP contribution in [0.4, 0.5) is 5.69 Å². The van der Waals surface area contributed by atoms with Crippen molar-refractivity contribution in [2.75, 3.05) is 6.61 Å². The molecule has 0 spiro atoms. The Morgan fingerprint density at radius 2 is 1.91 bits per heavy atom. The molecule has 1 fully saturated rings. The number of allylic oxidation sites excluding steroid dienone is 3. The molecule has 0 amide bonds. The molecule has 2 aromatic carbocycles. The van der Waals surface area contributed by atoms with Gasteiger partial charge < -0.3 is 10.1 Å². The highest BCUT2D eigenvalue weighted by Gasteiger charge is 2.47. The molecule has 162 valence electrons. The van der Waals surface area contributed by atoms with E-state index in [9.17, 15) is 20.2 Å². The summed E-state index contributed by atoms with van der Waals surface area (Å²) in [5.74, 6) is -0.906. The zero-order chi connectivity index (χ0) is 22.8. The number of nitro benzene ring substituents is 1. The van der Waals surface area contributed by atoms with Gasteiger partial charge in [-0.25, -0.2) is 4.79 Å². The summed E-state index contributed by atoms with van der Waals surface area (Å²) in [6, 6.07) is 18.4. The van der Waals surface area contributed by atoms with Crippen molar-refractivity contribution in [2.45, 2.75) is 32.1 Å². The van der Waals surface area contributed by atoms with Gasteiger partial charge in [-0.3, -0.25) is 10.1 Å². The predicted molar refractivity (Wildman–Crippen MR) is 118 cm³/mol. The van der Waals surface area contributed by atoms with Crippen molar-refractivity contribution in [1.29, 1.82) is 5.26 Å². The van der Waals surface area contributed by atoms with Crippen LogP contribution in [-0.2, 0) is 9.53 Å². The van der Waals surface area contributed by atoms with E-state index >= 15 is 0 Å². The number of hydrogen-bond donors (Lipinski definition) is 1. The molecule has 2 aliphatic rings. The monoisotopic (exact) mass is 429 g/mol. The molecular weight excluding hydrogens is 406 g/mol. The van der Waals surface area contributed by atoms with Crippen molar-refractivity contribution < 1.29 is 14.5 Å². The molecule has 7 nitrogen and oxygen atoms in total. The van der Waals surface area contributed by atoms with Crippen molar-refractivity contribution in [3.05, 3.63) is 98.4 Å². The molecule has 3 atom stereocenters. The van der Waals surface area contributed by atoms with E-state index in [4.69, 9.17) is 4.74 Å². The van der Waals surface area contributed by atoms with E-state index in [1.165, 1.54) is 17.7 Å². The third-order valence-corrected chi connectivity index (χ3v) is 6.01. The van der Waals surface area contributed by atoms with Gasteiger partial charge in [0.2, 0.25) is 0 Å². The first-order chi connectivity index (χ1) is 15.5. The summed E-state index contributed by atoms with van der Waals surface area (Å²) in [6.07, 6.45) is 0.867. The van der Waals surface area contributed by atoms with Crippen molar-refractivity contribution in [1.82, 2.24) is 5.32 Å². The topological polar surface area (TPSA) is 105 Å². The number of non-ortho nitro benzene ring substituents is 1. The number of dihydropyridines is 1. The van der Waals surface area contributed by atoms with Gasteiger partial charge in [0, 0.05) is 29.4 Å². The van der Waals surface area contributed by atoms with Gasteiger partial charge in [-0.1, -0.05) is 42.5 Å². The first kappa shape index (κ1) is 21.3. The molecule has 0 saturated heterocycles. The normalized spacial score (nSPS) is 22.1. The minimum Gasteiger partial charge on any atom is -0.463 e. The van der Waals surface area contributed by atoms with E-state index in [1.54, 1.807) is 26.0 Å². The Kier molecular flexibility index (Phi) is 5.78. The minimum absolute atomic E-state index is 0.0770. The molecule has 2 aromatic rings. The van der Waals surface area contributed by atoms with Gasteiger partial charge in [0.05, 0.1) is 34.7 Å². The van der Waals surface area contributed by atoms with Crippen molar-refractivity contribution in [3.63, 3.8) is 0 Å². The summed E-state index contributed by atoms with van der Waals surface area (Å²) in [7, 11) is 0. The quantitative estimate of drug-likeness (QED) is 0.405. The Balaban J connectivity index is 1.85. The number of rotatable bonds is 6. The van der Waals surface area contributed by atoms with Crippen LogP contribution in [0.2, 0.25) is 0 Å². The number of nitrogens with zero attached hydrogens (tertiary/aromatic N) is 2. The molecule has 1 N–H and O–H groups in total. The molecular formula is C25H23N3O4. The fourth-order valence-electron chi connectivity index (χ4n) is 4.46. The molecule has 7 heteroatoms. The minimum atomic E-state index is -0.729. The number of esters is 1. The Hall–Kier alpha value is -3.92. The van der Waals surface area contributed by atoms with E-state index in [1.807, 2.05) is 18.2 Å². The molecule has 3 unspecified atom stereocenters. The fraction of sp³-hybridized carbons (Fsp3) is 0.280. The van der Waals surface area contributed by atoms with Crippen LogP contribution in [0.5, 0.6) is 0 Å². The van der Waals surface area contributed by atoms with Crippen molar-refractivity contribution >= 4 is 11.7 Å². The lowest BCUT2D eigenvalue weighted by atomic mass is 9.79. The van der Waals surface area contributed by atoms with Gasteiger partial charge in [-0.2, -0.15) is 5.26 Å². The maximum atomic E-state index is 13.2. The Labute approximate surface area is 186 Å². The second-order valence-corrected chi connectivity index (χ2v) is 7.97. The summed E-state index contributed by atoms with van der Waals surface area (Å²) in [6.45, 7) is 3.71. The molecule has 0 aromatic heterocycles. The van der Waals surface area contributed by atoms with E-state index in [2.05, 4.69) is 23.5 Å². The number of ether oxygens (including phenoxy) is 1. The van der Waals surface area contributed by atoms with Crippen molar-refractivity contribution in [2.24, 2.45) is 5.92 Å². The highest BCUT2D eigenvalue weighted by atomic mass is 16.6. The van der Waals surface area contributed by atoms with Crippen LogP contribution in [0, 0.1) is 27.4 Å². The number of nitriles is 1. The summed E-state index contributed by atoms with van der Waals surface area (Å²) in [5, 5.41) is 24.6. The third-order valence-electron chi connectivity index (χ3n) is 6.01. The number of carbonyl (C=O) groups is 1. The van der Waals surface area contributed by atoms with Crippen molar-refractivity contribution in [3.8, 4) is 6.07 Å². The first-order valence-corrected chi connectivity index (χ1v) is 10.5. The standard InChI is InChI=1S/C25H23N3O4/c1-3-32-25(29)23-22(17-10-7-11-18(12-17)28(30)31)21(14-26)15(2)27-24(23)20-13-19(20)16-8-5-4-6-9-16/h4-12,19-20,22,27H,3,13H2,1-2H3. The Bertz CT molecular complexity index is 1180. The Morgan fingerprint density at radius 3 is 2.56 bits per heavy atom. The van der Waals surface area contributed by atoms with Gasteiger partial charge in [-0.15, -0.1) is 0 Å². The van der Waals surface area contributed by atoms with Gasteiger partial charge >= 0.3 is 5.97 Å². The van der Waals surface area contributed by atoms with Gasteiger partial charge in [0.1, 0.15) is 0 Å². The average Bonchev–Trinajstić information content (AvgIpc) is 3.60. The highest BCUT2D eigenvalue weighted by molar-refractivity contribution is 5.93. The average molecular weight is 429 g/mol. The summed E-state index contributed by atoms with van der Waals surface area (Å²) < 4.78 is 5.39. The highest BCUT2D eigenvalue weighted by Crippen LogP contribution is 2.54. The second kappa shape index (κ2) is 8.67. The lowest BCUT2D eigenvalue weighted by molar-refractivity contribution is -0.384. The Morgan fingerprint density at radius 1 is 1.19 bits per heavy atom. The molecule has 1 saturated carbocycles. The first-order valence-electron chi connectivity index (χ1n) is 10.5. The van der Waals surface area contributed by atoms with Crippen LogP contribution in [0.3, 0.4) is 0 Å². The lowest BCUT2D eigenvalue weighted by Gasteiger charge is -2.30. The molecule has 1 aliphatic carbocycles. The number of nitro groups is 1. The largest absolute Gasteiger partial charge is 0.463 e. The van der Waals surface area contributed by atoms with Crippen LogP contribution in [0.25, 0.3) is 0 Å². The number of carbonyl (C=O) groups excluding carboxylic acids is 1. The van der Waals surface area contributed by atoms with Crippen LogP contribution in [0.1, 0.15) is 43.2 Å². The summed E-state index contributed by atoms with van der Waals surface area (Å²) in [5.41, 5.74) is 3.72. The number of hydrogen-bond acceptors (Lipinski definition) is 6. The van der Waals surface area contributed by atoms with E-state index in [0.717, 1.165) is 12.1 Å². The van der Waals surface area contributed by atoms with E-state index in [0.29, 0.717) is 22.4 Å². The molecule has 4 rings (SSSR count). The molecule has 1 aliphatic heterocycles. The molecule has 0 radical (unpaired) electrons. The van der Waals surface area contributed by atoms with Crippen LogP contribution >= 0.6 is 0 Å². The maximum absolute atomic E-state index is 13.2. The van der Waals surface area contributed by atoms with Gasteiger partial charge in [-0.05, 0) is 37.3 Å². The van der Waals surface area contributed by atoms with Crippen LogP contribution in [-0.4, -0.2) is 17.5 Å². The maximum Gasteiger partial charge on any atom is 0.336 e. The fourth-order valence-corrected chi connectivity index (χ4v) is 4.46. The predicted octanol–water partition coefficient (Wildman–Crippen LogP) is 4.70. The molecule has 32 heavy (non-hydrogen) atoms. The molecule has 1 heterocycles. The van der Waals surface area contributed by atoms with Crippen LogP contribution < -0.4 is 5.32 Å². The van der Waals surface area contributed by atoms with Crippen LogP contribution in [0.15, 0.2) is 77.1 Å². The zero-order valence-corrected chi connectivity index (χ0v) is 17.9. The smallest absolute Gasteiger partial charge is 0.336 e. The molecule has 0 bridgehead atoms.